The predicted octanol–water partition coefficient (Wildman–Crippen LogP) is 4.55. The molecule has 1 saturated carbocycles. The van der Waals surface area contributed by atoms with Crippen LogP contribution in [0.2, 0.25) is 0 Å². The lowest BCUT2D eigenvalue weighted by Gasteiger charge is -2.39. The molecule has 7 nitrogen and oxygen atoms in total. The minimum atomic E-state index is -0.497. The van der Waals surface area contributed by atoms with Crippen molar-refractivity contribution in [2.45, 2.75) is 63.1 Å². The Kier molecular flexibility index (Phi) is 6.53. The molecule has 1 aromatic carbocycles. The molecule has 3 aromatic heterocycles. The van der Waals surface area contributed by atoms with E-state index in [1.165, 1.54) is 31.5 Å². The molecule has 6 rings (SSSR count). The summed E-state index contributed by atoms with van der Waals surface area (Å²) in [4.78, 5) is 16.9. The van der Waals surface area contributed by atoms with E-state index in [0.717, 1.165) is 59.7 Å². The molecule has 4 aromatic rings. The number of hydrogen-bond donors (Lipinski definition) is 2. The van der Waals surface area contributed by atoms with Crippen LogP contribution in [0.4, 0.5) is 0 Å². The van der Waals surface area contributed by atoms with Gasteiger partial charge < -0.3 is 16.0 Å². The highest BCUT2D eigenvalue weighted by atomic mass is 15.1. The number of fused-ring (bicyclic) bond motifs is 1. The number of piperidine rings is 1. The Morgan fingerprint density at radius 2 is 1.62 bits per heavy atom. The number of pyridine rings is 1. The second kappa shape index (κ2) is 9.97. The van der Waals surface area contributed by atoms with Crippen LogP contribution >= 0.6 is 0 Å². The highest BCUT2D eigenvalue weighted by molar-refractivity contribution is 5.68. The smallest absolute Gasteiger partial charge is 0.148 e. The first-order valence-electron chi connectivity index (χ1n) is 13.6. The van der Waals surface area contributed by atoms with Gasteiger partial charge in [-0.15, -0.1) is 0 Å². The monoisotopic (exact) mass is 495 g/mol. The van der Waals surface area contributed by atoms with Crippen LogP contribution in [0.1, 0.15) is 49.9 Å². The van der Waals surface area contributed by atoms with Gasteiger partial charge in [0.1, 0.15) is 11.5 Å². The molecule has 2 fully saturated rings. The maximum Gasteiger partial charge on any atom is 0.148 e. The van der Waals surface area contributed by atoms with Crippen molar-refractivity contribution in [3.8, 4) is 22.5 Å². The van der Waals surface area contributed by atoms with Crippen LogP contribution in [0.5, 0.6) is 0 Å². The van der Waals surface area contributed by atoms with Crippen molar-refractivity contribution in [1.82, 2.24) is 29.6 Å². The third-order valence-electron chi connectivity index (χ3n) is 8.34. The lowest BCUT2D eigenvalue weighted by atomic mass is 9.79. The van der Waals surface area contributed by atoms with Gasteiger partial charge in [-0.3, -0.25) is 4.40 Å². The second-order valence-corrected chi connectivity index (χ2v) is 11.1. The normalized spacial score (nSPS) is 23.5. The maximum absolute atomic E-state index is 7.00. The quantitative estimate of drug-likeness (QED) is 0.423. The Bertz CT molecular complexity index is 1360. The van der Waals surface area contributed by atoms with Gasteiger partial charge in [0.15, 0.2) is 0 Å². The summed E-state index contributed by atoms with van der Waals surface area (Å²) in [6.45, 7) is 4.42. The van der Waals surface area contributed by atoms with Gasteiger partial charge in [0.05, 0.1) is 23.1 Å². The van der Waals surface area contributed by atoms with Gasteiger partial charge in [0.25, 0.3) is 0 Å². The molecule has 0 bridgehead atoms. The SMILES string of the molecule is Cc1cnc(C2(N)CCC(NC3CCN(C)CC3)CC2)nc1-c1cnc2ccc(-c3ccccc3)cn12. The highest BCUT2D eigenvalue weighted by Gasteiger charge is 2.37. The molecule has 0 spiro atoms. The Balaban J connectivity index is 1.24. The van der Waals surface area contributed by atoms with E-state index < -0.39 is 5.54 Å². The van der Waals surface area contributed by atoms with Crippen LogP contribution in [0, 0.1) is 6.92 Å². The molecule has 192 valence electrons. The molecule has 2 aliphatic rings. The molecule has 0 radical (unpaired) electrons. The van der Waals surface area contributed by atoms with E-state index in [1.54, 1.807) is 0 Å². The van der Waals surface area contributed by atoms with Crippen molar-refractivity contribution < 1.29 is 0 Å². The molecule has 4 heterocycles. The minimum Gasteiger partial charge on any atom is -0.319 e. The number of aryl methyl sites for hydroxylation is 1. The summed E-state index contributed by atoms with van der Waals surface area (Å²) in [5, 5.41) is 3.91. The van der Waals surface area contributed by atoms with E-state index in [1.807, 2.05) is 18.5 Å². The number of hydrogen-bond acceptors (Lipinski definition) is 6. The lowest BCUT2D eigenvalue weighted by Crippen LogP contribution is -2.50. The van der Waals surface area contributed by atoms with Crippen molar-refractivity contribution in [2.24, 2.45) is 5.73 Å². The van der Waals surface area contributed by atoms with Crippen molar-refractivity contribution in [3.63, 3.8) is 0 Å². The van der Waals surface area contributed by atoms with Crippen LogP contribution in [-0.4, -0.2) is 56.5 Å². The molecule has 3 N–H and O–H groups in total. The van der Waals surface area contributed by atoms with Gasteiger partial charge in [-0.2, -0.15) is 0 Å². The Labute approximate surface area is 219 Å². The van der Waals surface area contributed by atoms with Gasteiger partial charge in [0.2, 0.25) is 0 Å². The summed E-state index contributed by atoms with van der Waals surface area (Å²) in [6, 6.07) is 15.8. The van der Waals surface area contributed by atoms with Crippen molar-refractivity contribution in [1.29, 1.82) is 0 Å². The molecule has 0 unspecified atom stereocenters. The number of rotatable bonds is 5. The molecule has 0 amide bonds. The fourth-order valence-electron chi connectivity index (χ4n) is 5.93. The lowest BCUT2D eigenvalue weighted by molar-refractivity contribution is 0.189. The van der Waals surface area contributed by atoms with E-state index in [9.17, 15) is 0 Å². The van der Waals surface area contributed by atoms with Crippen LogP contribution < -0.4 is 11.1 Å². The third-order valence-corrected chi connectivity index (χ3v) is 8.34. The summed E-state index contributed by atoms with van der Waals surface area (Å²) >= 11 is 0. The van der Waals surface area contributed by atoms with Crippen LogP contribution in [0.25, 0.3) is 28.2 Å². The van der Waals surface area contributed by atoms with Crippen LogP contribution in [0.3, 0.4) is 0 Å². The number of nitrogens with two attached hydrogens (primary N) is 1. The number of nitrogens with one attached hydrogen (secondary N) is 1. The van der Waals surface area contributed by atoms with E-state index in [2.05, 4.69) is 76.2 Å². The first kappa shape index (κ1) is 24.2. The molecular formula is C30H37N7. The molecule has 1 aliphatic carbocycles. The number of aromatic nitrogens is 4. The van der Waals surface area contributed by atoms with Crippen LogP contribution in [-0.2, 0) is 5.54 Å². The minimum absolute atomic E-state index is 0.497. The Morgan fingerprint density at radius 3 is 2.38 bits per heavy atom. The molecule has 37 heavy (non-hydrogen) atoms. The third kappa shape index (κ3) is 4.91. The molecule has 0 atom stereocenters. The molecule has 1 saturated heterocycles. The largest absolute Gasteiger partial charge is 0.319 e. The summed E-state index contributed by atoms with van der Waals surface area (Å²) in [5.74, 6) is 0.750. The first-order chi connectivity index (χ1) is 18.0. The zero-order valence-electron chi connectivity index (χ0n) is 21.9. The standard InChI is InChI=1S/C30H37N7/c1-21-18-33-29(30(31)14-10-24(11-15-30)34-25-12-16-36(2)17-13-25)35-28(21)26-19-32-27-9-8-23(20-37(26)27)22-6-4-3-5-7-22/h3-9,18-20,24-25,34H,10-17,31H2,1-2H3. The average Bonchev–Trinajstić information content (AvgIpc) is 3.35. The van der Waals surface area contributed by atoms with E-state index in [-0.39, 0.29) is 0 Å². The molecule has 1 aliphatic heterocycles. The van der Waals surface area contributed by atoms with Gasteiger partial charge in [0, 0.05) is 24.5 Å². The molecular weight excluding hydrogens is 458 g/mol. The summed E-state index contributed by atoms with van der Waals surface area (Å²) in [5.41, 5.74) is 12.6. The summed E-state index contributed by atoms with van der Waals surface area (Å²) < 4.78 is 2.13. The van der Waals surface area contributed by atoms with E-state index in [4.69, 9.17) is 15.7 Å². The van der Waals surface area contributed by atoms with Gasteiger partial charge in [-0.25, -0.2) is 15.0 Å². The number of imidazole rings is 1. The van der Waals surface area contributed by atoms with E-state index in [0.29, 0.717) is 12.1 Å². The fraction of sp³-hybridized carbons (Fsp3) is 0.433. The highest BCUT2D eigenvalue weighted by Crippen LogP contribution is 2.35. The fourth-order valence-corrected chi connectivity index (χ4v) is 5.93. The van der Waals surface area contributed by atoms with Crippen molar-refractivity contribution in [3.05, 3.63) is 72.4 Å². The molecule has 7 heteroatoms. The van der Waals surface area contributed by atoms with Gasteiger partial charge in [-0.1, -0.05) is 30.3 Å². The average molecular weight is 496 g/mol. The zero-order chi connectivity index (χ0) is 25.4. The summed E-state index contributed by atoms with van der Waals surface area (Å²) in [7, 11) is 2.21. The van der Waals surface area contributed by atoms with Crippen molar-refractivity contribution in [2.75, 3.05) is 20.1 Å². The Morgan fingerprint density at radius 1 is 0.892 bits per heavy atom. The van der Waals surface area contributed by atoms with Crippen LogP contribution in [0.15, 0.2) is 61.1 Å². The van der Waals surface area contributed by atoms with Gasteiger partial charge in [-0.05, 0) is 94.4 Å². The van der Waals surface area contributed by atoms with E-state index >= 15 is 0 Å². The second-order valence-electron chi connectivity index (χ2n) is 11.1. The number of benzene rings is 1. The number of nitrogens with zero attached hydrogens (tertiary/aromatic N) is 5. The number of likely N-dealkylation sites (tertiary alicyclic amines) is 1. The van der Waals surface area contributed by atoms with Crippen molar-refractivity contribution >= 4 is 5.65 Å². The Hall–Kier alpha value is -3.13. The maximum atomic E-state index is 7.00. The summed E-state index contributed by atoms with van der Waals surface area (Å²) in [6.07, 6.45) is 12.4. The zero-order valence-corrected chi connectivity index (χ0v) is 21.9. The van der Waals surface area contributed by atoms with Gasteiger partial charge >= 0.3 is 0 Å². The predicted molar refractivity (Wildman–Crippen MR) is 148 cm³/mol. The first-order valence-corrected chi connectivity index (χ1v) is 13.6. The topological polar surface area (TPSA) is 84.4 Å².